The van der Waals surface area contributed by atoms with Crippen molar-refractivity contribution in [2.24, 2.45) is 5.73 Å². The summed E-state index contributed by atoms with van der Waals surface area (Å²) < 4.78 is 9.91. The Morgan fingerprint density at radius 3 is 2.81 bits per heavy atom. The number of nitrogens with two attached hydrogens (primary N) is 1. The monoisotopic (exact) mass is 228 g/mol. The second-order valence-electron chi connectivity index (χ2n) is 3.89. The smallest absolute Gasteiger partial charge is 0.242 e. The van der Waals surface area contributed by atoms with Crippen LogP contribution in [0, 0.1) is 0 Å². The lowest BCUT2D eigenvalue weighted by Crippen LogP contribution is -2.47. The average Bonchev–Trinajstić information content (AvgIpc) is 2.30. The van der Waals surface area contributed by atoms with Gasteiger partial charge in [0, 0.05) is 27.3 Å². The summed E-state index contributed by atoms with van der Waals surface area (Å²) >= 11 is 0. The van der Waals surface area contributed by atoms with Gasteiger partial charge < -0.3 is 20.1 Å². The average molecular weight is 228 g/mol. The molecule has 16 heavy (non-hydrogen) atoms. The third-order valence-electron chi connectivity index (χ3n) is 2.61. The van der Waals surface area contributed by atoms with Crippen molar-refractivity contribution in [3.8, 4) is 0 Å². The predicted molar refractivity (Wildman–Crippen MR) is 61.0 cm³/mol. The molecule has 1 unspecified atom stereocenters. The summed E-state index contributed by atoms with van der Waals surface area (Å²) in [5.74, 6) is -0.0467. The third-order valence-corrected chi connectivity index (χ3v) is 2.61. The van der Waals surface area contributed by atoms with Crippen LogP contribution in [0.4, 0.5) is 0 Å². The van der Waals surface area contributed by atoms with Crippen LogP contribution in [-0.2, 0) is 14.3 Å². The number of carbonyl (C=O) groups is 1. The fourth-order valence-corrected chi connectivity index (χ4v) is 1.71. The largest absolute Gasteiger partial charge is 0.383 e. The molecule has 0 aromatic rings. The highest BCUT2D eigenvalue weighted by Gasteiger charge is 2.22. The molecule has 2 N–H and O–H groups in total. The summed E-state index contributed by atoms with van der Waals surface area (Å²) in [6.45, 7) is 2.25. The van der Waals surface area contributed by atoms with Gasteiger partial charge in [-0.2, -0.15) is 0 Å². The topological polar surface area (TPSA) is 64.8 Å². The van der Waals surface area contributed by atoms with E-state index in [0.717, 1.165) is 6.42 Å². The van der Waals surface area contributed by atoms with Crippen molar-refractivity contribution in [3.05, 3.63) is 11.6 Å². The second-order valence-corrected chi connectivity index (χ2v) is 3.89. The first-order chi connectivity index (χ1) is 7.69. The first-order valence-corrected chi connectivity index (χ1v) is 5.39. The minimum absolute atomic E-state index is 0.0467. The fraction of sp³-hybridized carbons (Fsp3) is 0.727. The van der Waals surface area contributed by atoms with Crippen molar-refractivity contribution in [1.82, 2.24) is 4.90 Å². The van der Waals surface area contributed by atoms with Gasteiger partial charge in [0.05, 0.1) is 13.2 Å². The standard InChI is InChI=1S/C11H20N2O3/c1-15-7-9-3-5-13(6-4-9)11(14)10(12)8-16-2/h3,10H,4-8,12H2,1-2H3. The van der Waals surface area contributed by atoms with E-state index in [1.807, 2.05) is 6.08 Å². The Bertz CT molecular complexity index is 266. The molecule has 0 saturated heterocycles. The lowest BCUT2D eigenvalue weighted by Gasteiger charge is -2.28. The quantitative estimate of drug-likeness (QED) is 0.660. The molecule has 92 valence electrons. The van der Waals surface area contributed by atoms with Gasteiger partial charge >= 0.3 is 0 Å². The van der Waals surface area contributed by atoms with E-state index in [0.29, 0.717) is 19.7 Å². The van der Waals surface area contributed by atoms with Crippen LogP contribution in [0.25, 0.3) is 0 Å². The molecule has 0 spiro atoms. The van der Waals surface area contributed by atoms with Crippen LogP contribution >= 0.6 is 0 Å². The molecular formula is C11H20N2O3. The van der Waals surface area contributed by atoms with Crippen LogP contribution in [-0.4, -0.2) is 57.4 Å². The van der Waals surface area contributed by atoms with Crippen LogP contribution < -0.4 is 5.73 Å². The highest BCUT2D eigenvalue weighted by atomic mass is 16.5. The molecular weight excluding hydrogens is 208 g/mol. The summed E-state index contributed by atoms with van der Waals surface area (Å²) in [4.78, 5) is 13.6. The van der Waals surface area contributed by atoms with Crippen LogP contribution in [0.3, 0.4) is 0 Å². The van der Waals surface area contributed by atoms with Crippen LogP contribution in [0.15, 0.2) is 11.6 Å². The Labute approximate surface area is 96.2 Å². The molecule has 0 radical (unpaired) electrons. The first-order valence-electron chi connectivity index (χ1n) is 5.39. The van der Waals surface area contributed by atoms with Crippen LogP contribution in [0.2, 0.25) is 0 Å². The lowest BCUT2D eigenvalue weighted by atomic mass is 10.1. The second kappa shape index (κ2) is 6.62. The molecule has 0 aromatic heterocycles. The SMILES string of the molecule is COCC1=CCN(C(=O)C(N)COC)CC1. The minimum Gasteiger partial charge on any atom is -0.383 e. The van der Waals surface area contributed by atoms with E-state index in [1.54, 1.807) is 19.1 Å². The van der Waals surface area contributed by atoms with Crippen LogP contribution in [0.1, 0.15) is 6.42 Å². The van der Waals surface area contributed by atoms with E-state index < -0.39 is 6.04 Å². The molecule has 0 aliphatic carbocycles. The molecule has 1 aliphatic rings. The number of nitrogens with zero attached hydrogens (tertiary/aromatic N) is 1. The Balaban J connectivity index is 2.43. The first kappa shape index (κ1) is 13.2. The molecule has 1 rings (SSSR count). The zero-order valence-electron chi connectivity index (χ0n) is 9.94. The molecule has 1 aliphatic heterocycles. The Morgan fingerprint density at radius 1 is 1.56 bits per heavy atom. The number of methoxy groups -OCH3 is 2. The van der Waals surface area contributed by atoms with Gasteiger partial charge in [0.1, 0.15) is 6.04 Å². The van der Waals surface area contributed by atoms with E-state index in [-0.39, 0.29) is 12.5 Å². The normalized spacial score (nSPS) is 18.2. The fourth-order valence-electron chi connectivity index (χ4n) is 1.71. The van der Waals surface area contributed by atoms with Crippen molar-refractivity contribution >= 4 is 5.91 Å². The predicted octanol–water partition coefficient (Wildman–Crippen LogP) is -0.235. The van der Waals surface area contributed by atoms with Gasteiger partial charge in [0.15, 0.2) is 0 Å². The zero-order chi connectivity index (χ0) is 12.0. The molecule has 0 aromatic carbocycles. The Hall–Kier alpha value is -0.910. The van der Waals surface area contributed by atoms with Gasteiger partial charge in [-0.1, -0.05) is 6.08 Å². The van der Waals surface area contributed by atoms with E-state index in [1.165, 1.54) is 5.57 Å². The van der Waals surface area contributed by atoms with E-state index in [9.17, 15) is 4.79 Å². The summed E-state index contributed by atoms with van der Waals surface area (Å²) in [5.41, 5.74) is 6.93. The summed E-state index contributed by atoms with van der Waals surface area (Å²) in [6, 6.07) is -0.553. The van der Waals surface area contributed by atoms with Gasteiger partial charge in [-0.25, -0.2) is 0 Å². The molecule has 0 saturated carbocycles. The molecule has 5 nitrogen and oxygen atoms in total. The van der Waals surface area contributed by atoms with Gasteiger partial charge in [0.2, 0.25) is 5.91 Å². The highest BCUT2D eigenvalue weighted by molar-refractivity contribution is 5.82. The van der Waals surface area contributed by atoms with Gasteiger partial charge in [-0.15, -0.1) is 0 Å². The van der Waals surface area contributed by atoms with Crippen molar-refractivity contribution in [2.45, 2.75) is 12.5 Å². The van der Waals surface area contributed by atoms with Crippen molar-refractivity contribution in [1.29, 1.82) is 0 Å². The molecule has 1 atom stereocenters. The van der Waals surface area contributed by atoms with Gasteiger partial charge in [-0.3, -0.25) is 4.79 Å². The molecule has 0 fully saturated rings. The Kier molecular flexibility index (Phi) is 5.45. The number of hydrogen-bond acceptors (Lipinski definition) is 4. The van der Waals surface area contributed by atoms with Crippen molar-refractivity contribution in [2.75, 3.05) is 40.5 Å². The van der Waals surface area contributed by atoms with Crippen LogP contribution in [0.5, 0.6) is 0 Å². The summed E-state index contributed by atoms with van der Waals surface area (Å²) in [7, 11) is 3.22. The third kappa shape index (κ3) is 3.59. The number of hydrogen-bond donors (Lipinski definition) is 1. The number of ether oxygens (including phenoxy) is 2. The number of rotatable bonds is 5. The summed E-state index contributed by atoms with van der Waals surface area (Å²) in [5, 5.41) is 0. The van der Waals surface area contributed by atoms with Gasteiger partial charge in [0.25, 0.3) is 0 Å². The Morgan fingerprint density at radius 2 is 2.31 bits per heavy atom. The van der Waals surface area contributed by atoms with Crippen molar-refractivity contribution in [3.63, 3.8) is 0 Å². The number of amides is 1. The van der Waals surface area contributed by atoms with E-state index in [4.69, 9.17) is 15.2 Å². The van der Waals surface area contributed by atoms with E-state index >= 15 is 0 Å². The zero-order valence-corrected chi connectivity index (χ0v) is 9.94. The highest BCUT2D eigenvalue weighted by Crippen LogP contribution is 2.11. The molecule has 5 heteroatoms. The summed E-state index contributed by atoms with van der Waals surface area (Å²) in [6.07, 6.45) is 2.89. The molecule has 1 heterocycles. The molecule has 1 amide bonds. The minimum atomic E-state index is -0.553. The maximum Gasteiger partial charge on any atom is 0.242 e. The van der Waals surface area contributed by atoms with E-state index in [2.05, 4.69) is 0 Å². The lowest BCUT2D eigenvalue weighted by molar-refractivity contribution is -0.133. The number of carbonyl (C=O) groups excluding carboxylic acids is 1. The van der Waals surface area contributed by atoms with Gasteiger partial charge in [-0.05, 0) is 12.0 Å². The maximum absolute atomic E-state index is 11.8. The van der Waals surface area contributed by atoms with Crippen molar-refractivity contribution < 1.29 is 14.3 Å². The molecule has 0 bridgehead atoms. The maximum atomic E-state index is 11.8.